The van der Waals surface area contributed by atoms with E-state index in [1.807, 2.05) is 31.2 Å². The highest BCUT2D eigenvalue weighted by molar-refractivity contribution is 6.31. The SMILES string of the molecule is COc1cc(Cl)cc2cc(C(N)c3ccc(C)o3)oc12. The minimum atomic E-state index is -0.459. The number of hydrogen-bond donors (Lipinski definition) is 1. The van der Waals surface area contributed by atoms with Crippen molar-refractivity contribution in [1.29, 1.82) is 0 Å². The third-order valence-corrected chi connectivity index (χ3v) is 3.38. The number of methoxy groups -OCH3 is 1. The van der Waals surface area contributed by atoms with Gasteiger partial charge in [0.2, 0.25) is 0 Å². The van der Waals surface area contributed by atoms with Crippen LogP contribution in [0.25, 0.3) is 11.0 Å². The first-order valence-corrected chi connectivity index (χ1v) is 6.55. The zero-order chi connectivity index (χ0) is 14.3. The summed E-state index contributed by atoms with van der Waals surface area (Å²) in [6, 6.07) is 8.63. The standard InChI is InChI=1S/C15H14ClNO3/c1-8-3-4-11(19-8)14(17)12-6-9-5-10(16)7-13(18-2)15(9)20-12/h3-7,14H,17H2,1-2H3. The van der Waals surface area contributed by atoms with E-state index >= 15 is 0 Å². The van der Waals surface area contributed by atoms with Gasteiger partial charge in [0.1, 0.15) is 23.3 Å². The van der Waals surface area contributed by atoms with Gasteiger partial charge < -0.3 is 19.3 Å². The van der Waals surface area contributed by atoms with E-state index in [4.69, 9.17) is 30.9 Å². The fourth-order valence-electron chi connectivity index (χ4n) is 2.17. The molecule has 2 N–H and O–H groups in total. The number of ether oxygens (including phenoxy) is 1. The van der Waals surface area contributed by atoms with Gasteiger partial charge in [-0.05, 0) is 31.2 Å². The summed E-state index contributed by atoms with van der Waals surface area (Å²) in [5, 5.41) is 1.44. The quantitative estimate of drug-likeness (QED) is 0.791. The summed E-state index contributed by atoms with van der Waals surface area (Å²) in [6.45, 7) is 1.87. The Balaban J connectivity index is 2.08. The van der Waals surface area contributed by atoms with E-state index in [0.29, 0.717) is 27.9 Å². The highest BCUT2D eigenvalue weighted by Crippen LogP contribution is 2.35. The van der Waals surface area contributed by atoms with Gasteiger partial charge in [-0.25, -0.2) is 0 Å². The number of benzene rings is 1. The van der Waals surface area contributed by atoms with Crippen molar-refractivity contribution in [3.05, 3.63) is 52.6 Å². The maximum absolute atomic E-state index is 6.16. The van der Waals surface area contributed by atoms with E-state index in [1.54, 1.807) is 13.2 Å². The topological polar surface area (TPSA) is 61.5 Å². The summed E-state index contributed by atoms with van der Waals surface area (Å²) in [7, 11) is 1.57. The second kappa shape index (κ2) is 4.89. The van der Waals surface area contributed by atoms with Gasteiger partial charge in [0.05, 0.1) is 7.11 Å². The van der Waals surface area contributed by atoms with Gasteiger partial charge in [0.25, 0.3) is 0 Å². The largest absolute Gasteiger partial charge is 0.493 e. The first-order valence-electron chi connectivity index (χ1n) is 6.17. The molecule has 0 fully saturated rings. The second-order valence-corrected chi connectivity index (χ2v) is 5.04. The summed E-state index contributed by atoms with van der Waals surface area (Å²) >= 11 is 6.04. The molecule has 2 aromatic heterocycles. The first-order chi connectivity index (χ1) is 9.58. The number of fused-ring (bicyclic) bond motifs is 1. The van der Waals surface area contributed by atoms with Crippen molar-refractivity contribution in [2.75, 3.05) is 7.11 Å². The van der Waals surface area contributed by atoms with Crippen LogP contribution in [-0.4, -0.2) is 7.11 Å². The van der Waals surface area contributed by atoms with Crippen LogP contribution >= 0.6 is 11.6 Å². The van der Waals surface area contributed by atoms with Crippen LogP contribution in [0.1, 0.15) is 23.3 Å². The number of rotatable bonds is 3. The fraction of sp³-hybridized carbons (Fsp3) is 0.200. The number of halogens is 1. The van der Waals surface area contributed by atoms with E-state index in [9.17, 15) is 0 Å². The van der Waals surface area contributed by atoms with Crippen molar-refractivity contribution in [3.8, 4) is 5.75 Å². The molecule has 4 nitrogen and oxygen atoms in total. The Morgan fingerprint density at radius 2 is 1.95 bits per heavy atom. The lowest BCUT2D eigenvalue weighted by Gasteiger charge is -2.04. The smallest absolute Gasteiger partial charge is 0.176 e. The second-order valence-electron chi connectivity index (χ2n) is 4.60. The van der Waals surface area contributed by atoms with Gasteiger partial charge >= 0.3 is 0 Å². The number of hydrogen-bond acceptors (Lipinski definition) is 4. The van der Waals surface area contributed by atoms with Gasteiger partial charge in [-0.3, -0.25) is 0 Å². The summed E-state index contributed by atoms with van der Waals surface area (Å²) < 4.78 is 16.6. The van der Waals surface area contributed by atoms with Crippen LogP contribution in [0.15, 0.2) is 39.2 Å². The van der Waals surface area contributed by atoms with Crippen LogP contribution in [-0.2, 0) is 0 Å². The van der Waals surface area contributed by atoms with Crippen LogP contribution in [0.5, 0.6) is 5.75 Å². The van der Waals surface area contributed by atoms with Crippen LogP contribution < -0.4 is 10.5 Å². The molecule has 0 bridgehead atoms. The van der Waals surface area contributed by atoms with Crippen LogP contribution in [0, 0.1) is 6.92 Å². The van der Waals surface area contributed by atoms with Crippen molar-refractivity contribution in [1.82, 2.24) is 0 Å². The Bertz CT molecular complexity index is 760. The molecule has 3 aromatic rings. The fourth-order valence-corrected chi connectivity index (χ4v) is 2.39. The van der Waals surface area contributed by atoms with Gasteiger partial charge in [-0.2, -0.15) is 0 Å². The Morgan fingerprint density at radius 1 is 1.15 bits per heavy atom. The Morgan fingerprint density at radius 3 is 2.60 bits per heavy atom. The maximum Gasteiger partial charge on any atom is 0.176 e. The van der Waals surface area contributed by atoms with Gasteiger partial charge in [0, 0.05) is 16.5 Å². The average Bonchev–Trinajstić information content (AvgIpc) is 3.02. The highest BCUT2D eigenvalue weighted by atomic mass is 35.5. The number of nitrogens with two attached hydrogens (primary N) is 1. The van der Waals surface area contributed by atoms with Crippen molar-refractivity contribution >= 4 is 22.6 Å². The van der Waals surface area contributed by atoms with E-state index < -0.39 is 6.04 Å². The Kier molecular flexibility index (Phi) is 3.20. The molecule has 0 amide bonds. The molecule has 3 rings (SSSR count). The summed E-state index contributed by atoms with van der Waals surface area (Å²) in [5.74, 6) is 2.66. The lowest BCUT2D eigenvalue weighted by Crippen LogP contribution is -2.09. The molecule has 0 saturated carbocycles. The third-order valence-electron chi connectivity index (χ3n) is 3.16. The van der Waals surface area contributed by atoms with Crippen LogP contribution in [0.2, 0.25) is 5.02 Å². The van der Waals surface area contributed by atoms with E-state index in [1.165, 1.54) is 0 Å². The third kappa shape index (κ3) is 2.17. The predicted octanol–water partition coefficient (Wildman–Crippen LogP) is 4.04. The van der Waals surface area contributed by atoms with Crippen molar-refractivity contribution in [2.24, 2.45) is 5.73 Å². The zero-order valence-corrected chi connectivity index (χ0v) is 11.9. The normalized spacial score (nSPS) is 12.8. The summed E-state index contributed by atoms with van der Waals surface area (Å²) in [5.41, 5.74) is 6.79. The maximum atomic E-state index is 6.16. The molecule has 0 aliphatic heterocycles. The molecule has 5 heteroatoms. The number of furan rings is 2. The van der Waals surface area contributed by atoms with Gasteiger partial charge in [-0.1, -0.05) is 11.6 Å². The zero-order valence-electron chi connectivity index (χ0n) is 11.1. The van der Waals surface area contributed by atoms with Gasteiger partial charge in [0.15, 0.2) is 11.3 Å². The highest BCUT2D eigenvalue weighted by Gasteiger charge is 2.19. The van der Waals surface area contributed by atoms with Crippen molar-refractivity contribution < 1.29 is 13.6 Å². The molecule has 104 valence electrons. The van der Waals surface area contributed by atoms with E-state index in [0.717, 1.165) is 11.1 Å². The molecular weight excluding hydrogens is 278 g/mol. The predicted molar refractivity (Wildman–Crippen MR) is 77.3 cm³/mol. The molecule has 1 unspecified atom stereocenters. The average molecular weight is 292 g/mol. The van der Waals surface area contributed by atoms with Gasteiger partial charge in [-0.15, -0.1) is 0 Å². The molecule has 0 spiro atoms. The van der Waals surface area contributed by atoms with E-state index in [-0.39, 0.29) is 0 Å². The number of aryl methyl sites for hydroxylation is 1. The summed E-state index contributed by atoms with van der Waals surface area (Å²) in [6.07, 6.45) is 0. The van der Waals surface area contributed by atoms with E-state index in [2.05, 4.69) is 0 Å². The molecule has 0 radical (unpaired) electrons. The molecule has 0 aliphatic rings. The lowest BCUT2D eigenvalue weighted by atomic mass is 10.1. The van der Waals surface area contributed by atoms with Crippen molar-refractivity contribution in [2.45, 2.75) is 13.0 Å². The lowest BCUT2D eigenvalue weighted by molar-refractivity contribution is 0.400. The Hall–Kier alpha value is -1.91. The Labute approximate surface area is 121 Å². The molecule has 20 heavy (non-hydrogen) atoms. The van der Waals surface area contributed by atoms with Crippen LogP contribution in [0.4, 0.5) is 0 Å². The monoisotopic (exact) mass is 291 g/mol. The first kappa shape index (κ1) is 13.1. The minimum absolute atomic E-state index is 0.459. The molecular formula is C15H14ClNO3. The molecule has 1 atom stereocenters. The molecule has 2 heterocycles. The van der Waals surface area contributed by atoms with Crippen molar-refractivity contribution in [3.63, 3.8) is 0 Å². The molecule has 1 aromatic carbocycles. The molecule has 0 saturated heterocycles. The molecule has 0 aliphatic carbocycles. The van der Waals surface area contributed by atoms with Crippen LogP contribution in [0.3, 0.4) is 0 Å². The minimum Gasteiger partial charge on any atom is -0.493 e. The summed E-state index contributed by atoms with van der Waals surface area (Å²) in [4.78, 5) is 0.